The molecule has 126 valence electrons. The van der Waals surface area contributed by atoms with Crippen LogP contribution < -0.4 is 5.19 Å². The monoisotopic (exact) mass is 330 g/mol. The summed E-state index contributed by atoms with van der Waals surface area (Å²) in [6, 6.07) is 12.4. The van der Waals surface area contributed by atoms with Crippen LogP contribution in [-0.4, -0.2) is 13.2 Å². The molecule has 3 heteroatoms. The van der Waals surface area contributed by atoms with Gasteiger partial charge in [0.25, 0.3) is 0 Å². The SMILES string of the molecule is CCCCCC[C@@H](O)c1cc([Si](C)(C)C)c(-c2ccccc2)o1. The summed E-state index contributed by atoms with van der Waals surface area (Å²) < 4.78 is 6.13. The van der Waals surface area contributed by atoms with Crippen LogP contribution >= 0.6 is 0 Å². The molecular weight excluding hydrogens is 300 g/mol. The van der Waals surface area contributed by atoms with E-state index in [1.165, 1.54) is 24.4 Å². The van der Waals surface area contributed by atoms with Gasteiger partial charge in [-0.2, -0.15) is 0 Å². The lowest BCUT2D eigenvalue weighted by molar-refractivity contribution is 0.137. The van der Waals surface area contributed by atoms with E-state index in [1.54, 1.807) is 0 Å². The molecule has 0 spiro atoms. The fraction of sp³-hybridized carbons (Fsp3) is 0.500. The highest BCUT2D eigenvalue weighted by atomic mass is 28.3. The number of rotatable bonds is 8. The summed E-state index contributed by atoms with van der Waals surface area (Å²) in [5.74, 6) is 1.69. The first-order valence-electron chi connectivity index (χ1n) is 8.81. The average molecular weight is 331 g/mol. The standard InChI is InChI=1S/C20H30O2Si/c1-5-6-7-11-14-17(21)18-15-19(23(2,3)4)20(22-18)16-12-9-8-10-13-16/h8-10,12-13,15,17,21H,5-7,11,14H2,1-4H3/t17-/m1/s1. The first-order valence-corrected chi connectivity index (χ1v) is 12.3. The normalized spacial score (nSPS) is 13.3. The lowest BCUT2D eigenvalue weighted by atomic mass is 10.1. The Kier molecular flexibility index (Phi) is 6.25. The molecule has 0 aliphatic heterocycles. The lowest BCUT2D eigenvalue weighted by Gasteiger charge is -2.15. The summed E-state index contributed by atoms with van der Waals surface area (Å²) in [4.78, 5) is 0. The molecule has 0 fully saturated rings. The predicted octanol–water partition coefficient (Wildman–Crippen LogP) is 5.50. The van der Waals surface area contributed by atoms with Crippen LogP contribution in [0.4, 0.5) is 0 Å². The maximum atomic E-state index is 10.5. The van der Waals surface area contributed by atoms with E-state index in [0.29, 0.717) is 0 Å². The number of furan rings is 1. The summed E-state index contributed by atoms with van der Waals surface area (Å²) in [7, 11) is -1.53. The third-order valence-electron chi connectivity index (χ3n) is 4.25. The minimum absolute atomic E-state index is 0.487. The molecule has 23 heavy (non-hydrogen) atoms. The van der Waals surface area contributed by atoms with Crippen molar-refractivity contribution >= 4 is 13.3 Å². The van der Waals surface area contributed by atoms with E-state index < -0.39 is 14.2 Å². The molecule has 0 bridgehead atoms. The molecule has 0 aliphatic rings. The highest BCUT2D eigenvalue weighted by molar-refractivity contribution is 6.89. The Bertz CT molecular complexity index is 596. The molecule has 1 atom stereocenters. The van der Waals surface area contributed by atoms with Crippen LogP contribution in [0.3, 0.4) is 0 Å². The van der Waals surface area contributed by atoms with Crippen LogP contribution in [0, 0.1) is 0 Å². The van der Waals surface area contributed by atoms with Crippen LogP contribution in [0.5, 0.6) is 0 Å². The highest BCUT2D eigenvalue weighted by Crippen LogP contribution is 2.28. The van der Waals surface area contributed by atoms with Crippen molar-refractivity contribution < 1.29 is 9.52 Å². The summed E-state index contributed by atoms with van der Waals surface area (Å²) >= 11 is 0. The molecule has 0 radical (unpaired) electrons. The van der Waals surface area contributed by atoms with E-state index in [0.717, 1.165) is 29.9 Å². The minimum Gasteiger partial charge on any atom is -0.458 e. The fourth-order valence-corrected chi connectivity index (χ4v) is 4.29. The van der Waals surface area contributed by atoms with Crippen molar-refractivity contribution in [1.82, 2.24) is 0 Å². The number of unbranched alkanes of at least 4 members (excludes halogenated alkanes) is 3. The van der Waals surface area contributed by atoms with Crippen LogP contribution in [-0.2, 0) is 0 Å². The maximum Gasteiger partial charge on any atom is 0.133 e. The van der Waals surface area contributed by atoms with Gasteiger partial charge in [0.2, 0.25) is 0 Å². The van der Waals surface area contributed by atoms with Gasteiger partial charge in [-0.3, -0.25) is 0 Å². The Morgan fingerprint density at radius 1 is 1.04 bits per heavy atom. The summed E-state index contributed by atoms with van der Waals surface area (Å²) in [6.07, 6.45) is 4.99. The van der Waals surface area contributed by atoms with E-state index in [4.69, 9.17) is 4.42 Å². The zero-order chi connectivity index (χ0) is 16.9. The Morgan fingerprint density at radius 3 is 2.35 bits per heavy atom. The quantitative estimate of drug-likeness (QED) is 0.512. The molecule has 0 aliphatic carbocycles. The van der Waals surface area contributed by atoms with Gasteiger partial charge in [0, 0.05) is 5.56 Å². The van der Waals surface area contributed by atoms with E-state index in [9.17, 15) is 5.11 Å². The smallest absolute Gasteiger partial charge is 0.133 e. The number of aliphatic hydroxyl groups excluding tert-OH is 1. The molecule has 0 amide bonds. The Labute approximate surface area is 141 Å². The van der Waals surface area contributed by atoms with Gasteiger partial charge in [-0.1, -0.05) is 82.6 Å². The molecule has 2 aromatic rings. The summed E-state index contributed by atoms with van der Waals surface area (Å²) in [5, 5.41) is 11.8. The van der Waals surface area contributed by atoms with Gasteiger partial charge in [-0.25, -0.2) is 0 Å². The molecule has 1 heterocycles. The highest BCUT2D eigenvalue weighted by Gasteiger charge is 2.27. The van der Waals surface area contributed by atoms with Crippen LogP contribution in [0.15, 0.2) is 40.8 Å². The largest absolute Gasteiger partial charge is 0.458 e. The van der Waals surface area contributed by atoms with Gasteiger partial charge in [-0.15, -0.1) is 0 Å². The third-order valence-corrected chi connectivity index (χ3v) is 6.24. The second-order valence-corrected chi connectivity index (χ2v) is 12.4. The molecule has 1 N–H and O–H groups in total. The first kappa shape index (κ1) is 18.0. The number of aliphatic hydroxyl groups is 1. The maximum absolute atomic E-state index is 10.5. The van der Waals surface area contributed by atoms with Gasteiger partial charge in [0.15, 0.2) is 0 Å². The molecule has 0 unspecified atom stereocenters. The van der Waals surface area contributed by atoms with E-state index >= 15 is 0 Å². The van der Waals surface area contributed by atoms with E-state index in [1.807, 2.05) is 18.2 Å². The molecule has 2 rings (SSSR count). The molecule has 1 aromatic carbocycles. The number of hydrogen-bond donors (Lipinski definition) is 1. The Morgan fingerprint density at radius 2 is 1.74 bits per heavy atom. The molecular formula is C20H30O2Si. The first-order chi connectivity index (χ1) is 10.9. The molecule has 0 saturated heterocycles. The Balaban J connectivity index is 2.24. The molecule has 2 nitrogen and oxygen atoms in total. The van der Waals surface area contributed by atoms with Gasteiger partial charge in [0.1, 0.15) is 17.6 Å². The lowest BCUT2D eigenvalue weighted by Crippen LogP contribution is -2.37. The zero-order valence-electron chi connectivity index (χ0n) is 14.9. The zero-order valence-corrected chi connectivity index (χ0v) is 15.9. The number of benzene rings is 1. The van der Waals surface area contributed by atoms with Crippen molar-refractivity contribution in [2.45, 2.75) is 64.8 Å². The summed E-state index contributed by atoms with van der Waals surface area (Å²) in [5.41, 5.74) is 1.11. The predicted molar refractivity (Wildman–Crippen MR) is 101 cm³/mol. The van der Waals surface area contributed by atoms with Crippen LogP contribution in [0.1, 0.15) is 50.9 Å². The van der Waals surface area contributed by atoms with Crippen molar-refractivity contribution in [3.05, 3.63) is 42.2 Å². The molecule has 1 aromatic heterocycles. The Hall–Kier alpha value is -1.32. The fourth-order valence-electron chi connectivity index (χ4n) is 2.84. The summed E-state index contributed by atoms with van der Waals surface area (Å²) in [6.45, 7) is 9.17. The third kappa shape index (κ3) is 4.82. The number of hydrogen-bond acceptors (Lipinski definition) is 2. The van der Waals surface area contributed by atoms with E-state index in [-0.39, 0.29) is 0 Å². The van der Waals surface area contributed by atoms with Crippen molar-refractivity contribution in [2.75, 3.05) is 0 Å². The van der Waals surface area contributed by atoms with Crippen LogP contribution in [0.25, 0.3) is 11.3 Å². The topological polar surface area (TPSA) is 33.4 Å². The molecule has 0 saturated carbocycles. The second-order valence-electron chi connectivity index (χ2n) is 7.37. The van der Waals surface area contributed by atoms with Gasteiger partial charge in [0.05, 0.1) is 8.07 Å². The average Bonchev–Trinajstić information content (AvgIpc) is 2.98. The van der Waals surface area contributed by atoms with Gasteiger partial charge < -0.3 is 9.52 Å². The van der Waals surface area contributed by atoms with Gasteiger partial charge in [-0.05, 0) is 17.7 Å². The van der Waals surface area contributed by atoms with Crippen molar-refractivity contribution in [2.24, 2.45) is 0 Å². The van der Waals surface area contributed by atoms with Crippen molar-refractivity contribution in [1.29, 1.82) is 0 Å². The minimum atomic E-state index is -1.53. The van der Waals surface area contributed by atoms with E-state index in [2.05, 4.69) is 44.8 Å². The van der Waals surface area contributed by atoms with Crippen LogP contribution in [0.2, 0.25) is 19.6 Å². The van der Waals surface area contributed by atoms with Crippen molar-refractivity contribution in [3.8, 4) is 11.3 Å². The van der Waals surface area contributed by atoms with Crippen molar-refractivity contribution in [3.63, 3.8) is 0 Å². The second kappa shape index (κ2) is 7.98. The van der Waals surface area contributed by atoms with Gasteiger partial charge >= 0.3 is 0 Å².